The van der Waals surface area contributed by atoms with Gasteiger partial charge in [-0.05, 0) is 24.3 Å². The zero-order chi connectivity index (χ0) is 23.5. The van der Waals surface area contributed by atoms with Crippen molar-refractivity contribution < 1.29 is 17.9 Å². The van der Waals surface area contributed by atoms with E-state index in [9.17, 15) is 13.2 Å². The first-order valence-corrected chi connectivity index (χ1v) is 13.4. The van der Waals surface area contributed by atoms with Gasteiger partial charge in [-0.3, -0.25) is 9.88 Å². The van der Waals surface area contributed by atoms with Crippen molar-refractivity contribution in [3.8, 4) is 5.75 Å². The highest BCUT2D eigenvalue weighted by Gasteiger charge is 2.24. The predicted octanol–water partition coefficient (Wildman–Crippen LogP) is 2.79. The summed E-state index contributed by atoms with van der Waals surface area (Å²) >= 11 is 0. The maximum atomic E-state index is 12.7. The molecule has 2 aliphatic heterocycles. The summed E-state index contributed by atoms with van der Waals surface area (Å²) in [6.07, 6.45) is -0.359. The molecule has 0 unspecified atom stereocenters. The van der Waals surface area contributed by atoms with Gasteiger partial charge in [-0.2, -0.15) is 0 Å². The van der Waals surface area contributed by atoms with Crippen LogP contribution in [-0.2, 0) is 16.4 Å². The van der Waals surface area contributed by atoms with E-state index in [-0.39, 0.29) is 17.6 Å². The van der Waals surface area contributed by atoms with E-state index >= 15 is 0 Å². The van der Waals surface area contributed by atoms with Crippen molar-refractivity contribution in [2.24, 2.45) is 0 Å². The molecule has 0 saturated carbocycles. The molecule has 0 atom stereocenters. The molecule has 0 radical (unpaired) electrons. The molecular weight excluding hydrogens is 452 g/mol. The number of hydrogen-bond acceptors (Lipinski definition) is 7. The Labute approximate surface area is 199 Å². The van der Waals surface area contributed by atoms with Crippen molar-refractivity contribution in [3.05, 3.63) is 66.4 Å². The number of fused-ring (bicyclic) bond motifs is 1. The number of carbonyl (C=O) groups is 1. The molecular formula is C25H28N4O4S. The molecule has 1 aromatic heterocycles. The maximum Gasteiger partial charge on any atom is 0.415 e. The number of rotatable bonds is 4. The number of ether oxygens (including phenoxy) is 1. The van der Waals surface area contributed by atoms with Gasteiger partial charge in [0.2, 0.25) is 0 Å². The Bertz CT molecular complexity index is 1270. The lowest BCUT2D eigenvalue weighted by Gasteiger charge is -2.34. The molecule has 9 heteroatoms. The second-order valence-corrected chi connectivity index (χ2v) is 11.1. The first-order chi connectivity index (χ1) is 16.4. The Balaban J connectivity index is 1.14. The number of aromatic nitrogens is 1. The molecule has 8 nitrogen and oxygen atoms in total. The van der Waals surface area contributed by atoms with Gasteiger partial charge in [-0.15, -0.1) is 0 Å². The van der Waals surface area contributed by atoms with Crippen molar-refractivity contribution in [1.82, 2.24) is 14.8 Å². The van der Waals surface area contributed by atoms with Crippen LogP contribution >= 0.6 is 0 Å². The topological polar surface area (TPSA) is 83.0 Å². The molecule has 3 heterocycles. The summed E-state index contributed by atoms with van der Waals surface area (Å²) in [5.41, 5.74) is 2.89. The number of pyridine rings is 1. The molecule has 2 saturated heterocycles. The lowest BCUT2D eigenvalue weighted by molar-refractivity contribution is 0.107. The lowest BCUT2D eigenvalue weighted by Crippen LogP contribution is -2.49. The third-order valence-corrected chi connectivity index (χ3v) is 8.01. The van der Waals surface area contributed by atoms with Crippen molar-refractivity contribution in [1.29, 1.82) is 0 Å². The summed E-state index contributed by atoms with van der Waals surface area (Å²) in [6, 6.07) is 19.5. The highest BCUT2D eigenvalue weighted by atomic mass is 32.2. The molecule has 1 amide bonds. The smallest absolute Gasteiger partial charge is 0.410 e. The third-order valence-electron chi connectivity index (χ3n) is 6.40. The Morgan fingerprint density at radius 3 is 2.44 bits per heavy atom. The minimum Gasteiger partial charge on any atom is -0.410 e. The molecule has 0 spiro atoms. The van der Waals surface area contributed by atoms with Gasteiger partial charge >= 0.3 is 6.09 Å². The highest BCUT2D eigenvalue weighted by molar-refractivity contribution is 7.91. The summed E-state index contributed by atoms with van der Waals surface area (Å²) < 4.78 is 29.0. The predicted molar refractivity (Wildman–Crippen MR) is 132 cm³/mol. The number of amides is 1. The van der Waals surface area contributed by atoms with E-state index in [1.807, 2.05) is 35.2 Å². The van der Waals surface area contributed by atoms with Crippen LogP contribution in [-0.4, -0.2) is 80.1 Å². The van der Waals surface area contributed by atoms with Crippen LogP contribution in [0.1, 0.15) is 5.69 Å². The molecule has 5 rings (SSSR count). The fraction of sp³-hybridized carbons (Fsp3) is 0.360. The van der Waals surface area contributed by atoms with Gasteiger partial charge in [0.25, 0.3) is 0 Å². The maximum absolute atomic E-state index is 12.7. The minimum atomic E-state index is -2.94. The van der Waals surface area contributed by atoms with Crippen molar-refractivity contribution >= 4 is 32.5 Å². The van der Waals surface area contributed by atoms with E-state index in [0.29, 0.717) is 31.9 Å². The lowest BCUT2D eigenvalue weighted by atomic mass is 10.2. The summed E-state index contributed by atoms with van der Waals surface area (Å²) in [5, 5.41) is 1.13. The van der Waals surface area contributed by atoms with E-state index in [1.54, 1.807) is 17.0 Å². The van der Waals surface area contributed by atoms with E-state index in [1.165, 1.54) is 0 Å². The average Bonchev–Trinajstić information content (AvgIpc) is 2.84. The van der Waals surface area contributed by atoms with Gasteiger partial charge in [-0.1, -0.05) is 30.3 Å². The number of piperazine rings is 1. The normalized spacial score (nSPS) is 18.7. The number of benzene rings is 2. The van der Waals surface area contributed by atoms with E-state index in [0.717, 1.165) is 41.9 Å². The molecule has 178 valence electrons. The summed E-state index contributed by atoms with van der Waals surface area (Å²) in [7, 11) is -2.94. The number of nitrogens with zero attached hydrogens (tertiary/aromatic N) is 4. The Hall–Kier alpha value is -3.17. The molecule has 2 aromatic carbocycles. The third kappa shape index (κ3) is 5.31. The molecule has 3 aromatic rings. The van der Waals surface area contributed by atoms with Gasteiger partial charge in [0, 0.05) is 63.0 Å². The number of para-hydroxylation sites is 1. The Morgan fingerprint density at radius 1 is 0.882 bits per heavy atom. The van der Waals surface area contributed by atoms with E-state index in [2.05, 4.69) is 23.1 Å². The Morgan fingerprint density at radius 2 is 1.65 bits per heavy atom. The molecule has 0 aliphatic carbocycles. The van der Waals surface area contributed by atoms with Crippen LogP contribution < -0.4 is 9.64 Å². The van der Waals surface area contributed by atoms with Gasteiger partial charge in [0.15, 0.2) is 9.84 Å². The van der Waals surface area contributed by atoms with Gasteiger partial charge in [0.1, 0.15) is 5.75 Å². The molecule has 34 heavy (non-hydrogen) atoms. The standard InChI is InChI=1S/C25H28N4O4S/c30-25(33-23-6-3-5-22(18-23)28-14-16-34(31,32)17-15-28)29-12-10-27(11-13-29)19-21-9-8-20-4-1-2-7-24(20)26-21/h1-9,18H,10-17,19H2. The summed E-state index contributed by atoms with van der Waals surface area (Å²) in [5.74, 6) is 0.769. The summed E-state index contributed by atoms with van der Waals surface area (Å²) in [6.45, 7) is 4.35. The van der Waals surface area contributed by atoms with Crippen LogP contribution in [0.3, 0.4) is 0 Å². The number of anilines is 1. The highest BCUT2D eigenvalue weighted by Crippen LogP contribution is 2.24. The quantitative estimate of drug-likeness (QED) is 0.568. The van der Waals surface area contributed by atoms with Crippen LogP contribution in [0.15, 0.2) is 60.7 Å². The van der Waals surface area contributed by atoms with Gasteiger partial charge in [-0.25, -0.2) is 13.2 Å². The van der Waals surface area contributed by atoms with Crippen molar-refractivity contribution in [2.45, 2.75) is 6.54 Å². The fourth-order valence-corrected chi connectivity index (χ4v) is 5.59. The summed E-state index contributed by atoms with van der Waals surface area (Å²) in [4.78, 5) is 23.5. The largest absolute Gasteiger partial charge is 0.415 e. The SMILES string of the molecule is O=C(Oc1cccc(N2CCS(=O)(=O)CC2)c1)N1CCN(Cc2ccc3ccccc3n2)CC1. The number of hydrogen-bond donors (Lipinski definition) is 0. The first kappa shape index (κ1) is 22.6. The first-order valence-electron chi connectivity index (χ1n) is 11.5. The van der Waals surface area contributed by atoms with Crippen LogP contribution in [0, 0.1) is 0 Å². The van der Waals surface area contributed by atoms with Crippen LogP contribution in [0.2, 0.25) is 0 Å². The van der Waals surface area contributed by atoms with Gasteiger partial charge < -0.3 is 14.5 Å². The van der Waals surface area contributed by atoms with Crippen LogP contribution in [0.4, 0.5) is 10.5 Å². The molecule has 0 bridgehead atoms. The molecule has 0 N–H and O–H groups in total. The van der Waals surface area contributed by atoms with E-state index in [4.69, 9.17) is 9.72 Å². The number of carbonyl (C=O) groups excluding carboxylic acids is 1. The monoisotopic (exact) mass is 480 g/mol. The minimum absolute atomic E-state index is 0.149. The Kier molecular flexibility index (Phi) is 6.38. The van der Waals surface area contributed by atoms with Crippen LogP contribution in [0.25, 0.3) is 10.9 Å². The van der Waals surface area contributed by atoms with E-state index < -0.39 is 9.84 Å². The van der Waals surface area contributed by atoms with Gasteiger partial charge in [0.05, 0.1) is 22.7 Å². The second kappa shape index (κ2) is 9.60. The zero-order valence-corrected chi connectivity index (χ0v) is 19.8. The van der Waals surface area contributed by atoms with Crippen molar-refractivity contribution in [3.63, 3.8) is 0 Å². The van der Waals surface area contributed by atoms with Crippen LogP contribution in [0.5, 0.6) is 5.75 Å². The second-order valence-electron chi connectivity index (χ2n) is 8.76. The zero-order valence-electron chi connectivity index (χ0n) is 19.0. The fourth-order valence-electron chi connectivity index (χ4n) is 4.39. The molecule has 2 aliphatic rings. The number of sulfone groups is 1. The average molecular weight is 481 g/mol. The molecule has 2 fully saturated rings. The van der Waals surface area contributed by atoms with Crippen molar-refractivity contribution in [2.75, 3.05) is 55.7 Å².